The van der Waals surface area contributed by atoms with Gasteiger partial charge in [0.25, 0.3) is 5.91 Å². The van der Waals surface area contributed by atoms with E-state index in [4.69, 9.17) is 21.4 Å². The molecule has 0 bridgehead atoms. The quantitative estimate of drug-likeness (QED) is 0.318. The van der Waals surface area contributed by atoms with Gasteiger partial charge in [0.1, 0.15) is 17.4 Å². The number of halogens is 6. The van der Waals surface area contributed by atoms with Gasteiger partial charge < -0.3 is 15.2 Å². The fourth-order valence-corrected chi connectivity index (χ4v) is 3.12. The number of aromatic carboxylic acids is 1. The smallest absolute Gasteiger partial charge is 0.416 e. The molecule has 0 aliphatic carbocycles. The predicted molar refractivity (Wildman–Crippen MR) is 114 cm³/mol. The van der Waals surface area contributed by atoms with Gasteiger partial charge >= 0.3 is 12.1 Å². The molecule has 0 fully saturated rings. The third-order valence-electron chi connectivity index (χ3n) is 4.52. The molecule has 3 aromatic rings. The molecule has 0 saturated heterocycles. The number of rotatable bonds is 7. The van der Waals surface area contributed by atoms with Crippen molar-refractivity contribution in [2.45, 2.75) is 6.18 Å². The van der Waals surface area contributed by atoms with E-state index in [9.17, 15) is 36.3 Å². The van der Waals surface area contributed by atoms with Crippen molar-refractivity contribution < 1.29 is 46.2 Å². The highest BCUT2D eigenvalue weighted by Crippen LogP contribution is 2.32. The molecule has 0 atom stereocenters. The van der Waals surface area contributed by atoms with Gasteiger partial charge in [-0.15, -0.1) is 0 Å². The number of carbonyl (C=O) groups is 3. The number of amides is 1. The number of ether oxygens (including phenoxy) is 1. The Balaban J connectivity index is 1.80. The van der Waals surface area contributed by atoms with E-state index in [0.29, 0.717) is 12.1 Å². The number of alkyl halides is 3. The molecule has 0 aromatic heterocycles. The minimum atomic E-state index is -4.90. The van der Waals surface area contributed by atoms with Crippen molar-refractivity contribution in [3.63, 3.8) is 0 Å². The number of hydrogen-bond acceptors (Lipinski definition) is 4. The van der Waals surface area contributed by atoms with E-state index in [2.05, 4.69) is 5.32 Å². The summed E-state index contributed by atoms with van der Waals surface area (Å²) in [5.41, 5.74) is -3.00. The maximum atomic E-state index is 13.8. The minimum Gasteiger partial charge on any atom is -0.483 e. The molecule has 12 heteroatoms. The Morgan fingerprint density at radius 1 is 0.943 bits per heavy atom. The van der Waals surface area contributed by atoms with Gasteiger partial charge in [0.15, 0.2) is 12.4 Å². The minimum absolute atomic E-state index is 0.0200. The molecule has 3 rings (SSSR count). The highest BCUT2D eigenvalue weighted by atomic mass is 35.5. The maximum Gasteiger partial charge on any atom is 0.416 e. The Hall–Kier alpha value is -3.99. The SMILES string of the molecule is O=C(COc1ccc(Cl)cc1C(=O)c1cc(F)cc(C(F)(F)F)c1)Nc1ccc(C(=O)O)c(F)c1. The maximum absolute atomic E-state index is 13.8. The molecular formula is C23H13ClF5NO5. The predicted octanol–water partition coefficient (Wildman–Crippen LogP) is 5.58. The van der Waals surface area contributed by atoms with Crippen LogP contribution in [0.25, 0.3) is 0 Å². The lowest BCUT2D eigenvalue weighted by molar-refractivity contribution is -0.137. The molecule has 0 spiro atoms. The van der Waals surface area contributed by atoms with Crippen molar-refractivity contribution in [2.75, 3.05) is 11.9 Å². The van der Waals surface area contributed by atoms with E-state index in [0.717, 1.165) is 24.3 Å². The van der Waals surface area contributed by atoms with E-state index in [-0.39, 0.29) is 28.1 Å². The number of hydrogen-bond donors (Lipinski definition) is 2. The molecule has 0 saturated carbocycles. The van der Waals surface area contributed by atoms with Gasteiger partial charge in [-0.1, -0.05) is 11.6 Å². The number of anilines is 1. The molecule has 1 amide bonds. The number of carbonyl (C=O) groups excluding carboxylic acids is 2. The molecule has 0 aliphatic heterocycles. The topological polar surface area (TPSA) is 92.7 Å². The van der Waals surface area contributed by atoms with Crippen LogP contribution < -0.4 is 10.1 Å². The molecule has 3 aromatic carbocycles. The zero-order valence-corrected chi connectivity index (χ0v) is 18.0. The third-order valence-corrected chi connectivity index (χ3v) is 4.75. The van der Waals surface area contributed by atoms with Gasteiger partial charge in [0.05, 0.1) is 16.7 Å². The Kier molecular flexibility index (Phi) is 7.39. The van der Waals surface area contributed by atoms with E-state index in [1.54, 1.807) is 0 Å². The first-order chi connectivity index (χ1) is 16.3. The van der Waals surface area contributed by atoms with Crippen molar-refractivity contribution in [3.05, 3.63) is 93.5 Å². The van der Waals surface area contributed by atoms with Crippen molar-refractivity contribution in [1.29, 1.82) is 0 Å². The van der Waals surface area contributed by atoms with Gasteiger partial charge in [0.2, 0.25) is 0 Å². The highest BCUT2D eigenvalue weighted by molar-refractivity contribution is 6.31. The lowest BCUT2D eigenvalue weighted by Crippen LogP contribution is -2.21. The van der Waals surface area contributed by atoms with Crippen molar-refractivity contribution in [2.24, 2.45) is 0 Å². The van der Waals surface area contributed by atoms with Gasteiger partial charge in [-0.2, -0.15) is 13.2 Å². The van der Waals surface area contributed by atoms with E-state index >= 15 is 0 Å². The second kappa shape index (κ2) is 10.1. The lowest BCUT2D eigenvalue weighted by Gasteiger charge is -2.13. The first-order valence-corrected chi connectivity index (χ1v) is 9.90. The number of ketones is 1. The third kappa shape index (κ3) is 6.33. The average molecular weight is 514 g/mol. The summed E-state index contributed by atoms with van der Waals surface area (Å²) in [5, 5.41) is 11.1. The largest absolute Gasteiger partial charge is 0.483 e. The van der Waals surface area contributed by atoms with Crippen molar-refractivity contribution in [1.82, 2.24) is 0 Å². The number of carboxylic acids is 1. The molecule has 6 nitrogen and oxygen atoms in total. The lowest BCUT2D eigenvalue weighted by atomic mass is 10.00. The molecule has 0 radical (unpaired) electrons. The molecule has 0 aliphatic rings. The van der Waals surface area contributed by atoms with E-state index in [1.807, 2.05) is 0 Å². The first-order valence-electron chi connectivity index (χ1n) is 9.52. The summed E-state index contributed by atoms with van der Waals surface area (Å²) in [5.74, 6) is -5.97. The summed E-state index contributed by atoms with van der Waals surface area (Å²) in [7, 11) is 0. The van der Waals surface area contributed by atoms with Crippen LogP contribution in [0, 0.1) is 11.6 Å². The Bertz CT molecular complexity index is 1330. The monoisotopic (exact) mass is 513 g/mol. The average Bonchev–Trinajstić information content (AvgIpc) is 2.76. The zero-order valence-electron chi connectivity index (χ0n) is 17.3. The van der Waals surface area contributed by atoms with Gasteiger partial charge in [-0.05, 0) is 54.6 Å². The summed E-state index contributed by atoms with van der Waals surface area (Å²) in [6, 6.07) is 7.75. The van der Waals surface area contributed by atoms with Crippen LogP contribution in [0.1, 0.15) is 31.8 Å². The Morgan fingerprint density at radius 2 is 1.66 bits per heavy atom. The van der Waals surface area contributed by atoms with Gasteiger partial charge in [-0.25, -0.2) is 13.6 Å². The van der Waals surface area contributed by atoms with Crippen LogP contribution in [0.5, 0.6) is 5.75 Å². The Labute approximate surface area is 198 Å². The number of carboxylic acid groups (broad SMARTS) is 1. The standard InChI is InChI=1S/C23H13ClF5NO5/c24-13-1-4-19(35-10-20(31)30-15-2-3-16(22(33)34)18(26)9-15)17(8-13)21(32)11-5-12(23(27,28)29)7-14(25)6-11/h1-9H,10H2,(H,30,31)(H,33,34). The van der Waals surface area contributed by atoms with Gasteiger partial charge in [0, 0.05) is 16.3 Å². The second-order valence-corrected chi connectivity index (χ2v) is 7.47. The van der Waals surface area contributed by atoms with Crippen LogP contribution in [0.2, 0.25) is 5.02 Å². The van der Waals surface area contributed by atoms with Crippen molar-refractivity contribution in [3.8, 4) is 5.75 Å². The van der Waals surface area contributed by atoms with Crippen molar-refractivity contribution >= 4 is 34.9 Å². The fourth-order valence-electron chi connectivity index (χ4n) is 2.95. The van der Waals surface area contributed by atoms with Crippen LogP contribution >= 0.6 is 11.6 Å². The summed E-state index contributed by atoms with van der Waals surface area (Å²) in [6.45, 7) is -0.721. The van der Waals surface area contributed by atoms with Crippen LogP contribution in [0.15, 0.2) is 54.6 Å². The first kappa shape index (κ1) is 25.6. The molecule has 2 N–H and O–H groups in total. The summed E-state index contributed by atoms with van der Waals surface area (Å²) in [6.07, 6.45) is -4.90. The van der Waals surface area contributed by atoms with Gasteiger partial charge in [-0.3, -0.25) is 9.59 Å². The zero-order chi connectivity index (χ0) is 25.9. The van der Waals surface area contributed by atoms with Crippen LogP contribution in [-0.2, 0) is 11.0 Å². The van der Waals surface area contributed by atoms with E-state index < -0.39 is 58.8 Å². The van der Waals surface area contributed by atoms with Crippen LogP contribution in [0.3, 0.4) is 0 Å². The molecule has 0 heterocycles. The Morgan fingerprint density at radius 3 is 2.29 bits per heavy atom. The summed E-state index contributed by atoms with van der Waals surface area (Å²) < 4.78 is 71.8. The second-order valence-electron chi connectivity index (χ2n) is 7.03. The normalized spacial score (nSPS) is 11.1. The number of nitrogens with one attached hydrogen (secondary N) is 1. The highest BCUT2D eigenvalue weighted by Gasteiger charge is 2.32. The molecular weight excluding hydrogens is 501 g/mol. The summed E-state index contributed by atoms with van der Waals surface area (Å²) in [4.78, 5) is 35.9. The molecule has 0 unspecified atom stereocenters. The van der Waals surface area contributed by atoms with Crippen LogP contribution in [-0.4, -0.2) is 29.4 Å². The molecule has 35 heavy (non-hydrogen) atoms. The number of benzene rings is 3. The molecule has 182 valence electrons. The van der Waals surface area contributed by atoms with Crippen LogP contribution in [0.4, 0.5) is 27.6 Å². The fraction of sp³-hybridized carbons (Fsp3) is 0.0870. The summed E-state index contributed by atoms with van der Waals surface area (Å²) >= 11 is 5.88. The van der Waals surface area contributed by atoms with E-state index in [1.165, 1.54) is 12.1 Å².